The summed E-state index contributed by atoms with van der Waals surface area (Å²) in [5.74, 6) is 2.13. The number of carbonyl (C=O) groups excluding carboxylic acids is 2. The Morgan fingerprint density at radius 3 is 2.53 bits per heavy atom. The third-order valence-electron chi connectivity index (χ3n) is 7.61. The molecule has 7 nitrogen and oxygen atoms in total. The fraction of sp³-hybridized carbons (Fsp3) is 0.630. The number of fused-ring (bicyclic) bond motifs is 1. The zero-order valence-electron chi connectivity index (χ0n) is 21.3. The second-order valence-electron chi connectivity index (χ2n) is 10.2. The van der Waals surface area contributed by atoms with Crippen LogP contribution < -0.4 is 9.47 Å². The van der Waals surface area contributed by atoms with Crippen molar-refractivity contribution in [2.24, 2.45) is 17.8 Å². The Labute approximate surface area is 203 Å². The molecule has 0 bridgehead atoms. The van der Waals surface area contributed by atoms with E-state index in [1.165, 1.54) is 0 Å². The summed E-state index contributed by atoms with van der Waals surface area (Å²) in [6, 6.07) is 5.21. The molecule has 0 radical (unpaired) electrons. The Morgan fingerprint density at radius 1 is 1.12 bits per heavy atom. The molecule has 4 rings (SSSR count). The van der Waals surface area contributed by atoms with Gasteiger partial charge in [0, 0.05) is 6.54 Å². The molecule has 1 aromatic carbocycles. The van der Waals surface area contributed by atoms with Gasteiger partial charge in [0.2, 0.25) is 0 Å². The molecule has 3 aliphatic rings. The van der Waals surface area contributed by atoms with E-state index in [9.17, 15) is 9.59 Å². The molecule has 0 aromatic heterocycles. The van der Waals surface area contributed by atoms with Crippen molar-refractivity contribution in [2.75, 3.05) is 40.9 Å². The number of hydrogen-bond donors (Lipinski definition) is 0. The molecule has 5 atom stereocenters. The molecule has 7 heteroatoms. The van der Waals surface area contributed by atoms with Crippen LogP contribution in [-0.2, 0) is 14.3 Å². The van der Waals surface area contributed by atoms with Crippen LogP contribution in [0.5, 0.6) is 11.5 Å². The second-order valence-corrected chi connectivity index (χ2v) is 10.2. The predicted octanol–water partition coefficient (Wildman–Crippen LogP) is 3.83. The number of ketones is 1. The van der Waals surface area contributed by atoms with Crippen LogP contribution in [0.1, 0.15) is 51.6 Å². The van der Waals surface area contributed by atoms with E-state index >= 15 is 0 Å². The first-order valence-corrected chi connectivity index (χ1v) is 12.5. The van der Waals surface area contributed by atoms with Gasteiger partial charge in [0.1, 0.15) is 6.10 Å². The minimum Gasteiger partial charge on any atom is -0.493 e. The van der Waals surface area contributed by atoms with Crippen LogP contribution in [0.4, 0.5) is 0 Å². The van der Waals surface area contributed by atoms with Gasteiger partial charge in [-0.05, 0) is 76.4 Å². The summed E-state index contributed by atoms with van der Waals surface area (Å²) in [7, 11) is 5.64. The van der Waals surface area contributed by atoms with E-state index < -0.39 is 6.04 Å². The summed E-state index contributed by atoms with van der Waals surface area (Å²) in [4.78, 5) is 31.4. The Kier molecular flexibility index (Phi) is 7.22. The van der Waals surface area contributed by atoms with Crippen molar-refractivity contribution in [2.45, 2.75) is 52.2 Å². The minimum absolute atomic E-state index is 0.0753. The van der Waals surface area contributed by atoms with E-state index in [1.54, 1.807) is 7.11 Å². The highest BCUT2D eigenvalue weighted by atomic mass is 16.5. The number of amides is 1. The first kappa shape index (κ1) is 24.6. The van der Waals surface area contributed by atoms with Gasteiger partial charge in [-0.2, -0.15) is 0 Å². The lowest BCUT2D eigenvalue weighted by Gasteiger charge is -2.40. The van der Waals surface area contributed by atoms with E-state index in [4.69, 9.17) is 14.2 Å². The maximum absolute atomic E-state index is 13.9. The van der Waals surface area contributed by atoms with Crippen LogP contribution in [0.3, 0.4) is 0 Å². The molecule has 5 unspecified atom stereocenters. The number of ether oxygens (including phenoxy) is 3. The molecule has 1 aliphatic carbocycles. The largest absolute Gasteiger partial charge is 0.493 e. The van der Waals surface area contributed by atoms with Gasteiger partial charge >= 0.3 is 0 Å². The van der Waals surface area contributed by atoms with E-state index in [0.29, 0.717) is 42.1 Å². The van der Waals surface area contributed by atoms with Crippen LogP contribution in [0.2, 0.25) is 0 Å². The first-order valence-electron chi connectivity index (χ1n) is 12.5. The van der Waals surface area contributed by atoms with Crippen molar-refractivity contribution in [3.8, 4) is 11.5 Å². The van der Waals surface area contributed by atoms with Crippen molar-refractivity contribution in [3.63, 3.8) is 0 Å². The van der Waals surface area contributed by atoms with Crippen molar-refractivity contribution >= 4 is 11.7 Å². The SMILES string of the molecule is CCOc1ccc(C2C3=C(OC4CC(C)C(C)CC4C3=O)C(=O)N2CCCN(C)C)cc1OC. The lowest BCUT2D eigenvalue weighted by molar-refractivity contribution is -0.137. The molecule has 186 valence electrons. The molecule has 0 spiro atoms. The minimum atomic E-state index is -0.475. The molecule has 1 fully saturated rings. The fourth-order valence-corrected chi connectivity index (χ4v) is 5.57. The average molecular weight is 471 g/mol. The number of benzene rings is 1. The van der Waals surface area contributed by atoms with Gasteiger partial charge in [-0.3, -0.25) is 9.59 Å². The number of hydrogen-bond acceptors (Lipinski definition) is 6. The standard InChI is InChI=1S/C27H38N2O5/c1-7-33-20-10-9-18(15-22(20)32-6)24-23-25(30)19-13-16(2)17(3)14-21(19)34-26(23)27(31)29(24)12-8-11-28(4)5/h9-10,15-17,19,21,24H,7-8,11-14H2,1-6H3. The monoisotopic (exact) mass is 470 g/mol. The molecule has 2 aliphatic heterocycles. The second kappa shape index (κ2) is 9.98. The number of Topliss-reactive ketones (excluding diaryl/α,β-unsaturated/α-hetero) is 1. The Balaban J connectivity index is 1.74. The fourth-order valence-electron chi connectivity index (χ4n) is 5.57. The van der Waals surface area contributed by atoms with Gasteiger partial charge in [0.05, 0.1) is 31.2 Å². The molecule has 0 N–H and O–H groups in total. The molecule has 1 aromatic rings. The average Bonchev–Trinajstić information content (AvgIpc) is 3.07. The van der Waals surface area contributed by atoms with Crippen LogP contribution in [0.15, 0.2) is 29.5 Å². The zero-order valence-corrected chi connectivity index (χ0v) is 21.3. The quantitative estimate of drug-likeness (QED) is 0.575. The van der Waals surface area contributed by atoms with Gasteiger partial charge in [0.15, 0.2) is 23.0 Å². The molecular weight excluding hydrogens is 432 g/mol. The van der Waals surface area contributed by atoms with Gasteiger partial charge < -0.3 is 24.0 Å². The summed E-state index contributed by atoms with van der Waals surface area (Å²) in [5.41, 5.74) is 1.36. The van der Waals surface area contributed by atoms with Gasteiger partial charge in [-0.25, -0.2) is 0 Å². The Bertz CT molecular complexity index is 972. The maximum Gasteiger partial charge on any atom is 0.290 e. The van der Waals surface area contributed by atoms with Crippen molar-refractivity contribution in [1.82, 2.24) is 9.80 Å². The van der Waals surface area contributed by atoms with Gasteiger partial charge in [-0.1, -0.05) is 19.9 Å². The van der Waals surface area contributed by atoms with E-state index in [0.717, 1.165) is 31.4 Å². The molecule has 2 heterocycles. The summed E-state index contributed by atoms with van der Waals surface area (Å²) in [5, 5.41) is 0. The molecule has 34 heavy (non-hydrogen) atoms. The predicted molar refractivity (Wildman–Crippen MR) is 130 cm³/mol. The summed E-state index contributed by atoms with van der Waals surface area (Å²) in [6.45, 7) is 8.26. The number of rotatable bonds is 8. The van der Waals surface area contributed by atoms with Gasteiger partial charge in [-0.15, -0.1) is 0 Å². The first-order chi connectivity index (χ1) is 16.3. The molecule has 1 saturated carbocycles. The molecule has 1 amide bonds. The van der Waals surface area contributed by atoms with E-state index in [1.807, 2.05) is 44.1 Å². The highest BCUT2D eigenvalue weighted by Gasteiger charge is 2.53. The smallest absolute Gasteiger partial charge is 0.290 e. The number of carbonyl (C=O) groups is 2. The third kappa shape index (κ3) is 4.42. The van der Waals surface area contributed by atoms with Crippen molar-refractivity contribution in [1.29, 1.82) is 0 Å². The van der Waals surface area contributed by atoms with Crippen LogP contribution in [0, 0.1) is 17.8 Å². The lowest BCUT2D eigenvalue weighted by atomic mass is 9.70. The van der Waals surface area contributed by atoms with E-state index in [-0.39, 0.29) is 29.5 Å². The molecular formula is C27H38N2O5. The van der Waals surface area contributed by atoms with E-state index in [2.05, 4.69) is 18.7 Å². The molecule has 0 saturated heterocycles. The number of methoxy groups -OCH3 is 1. The van der Waals surface area contributed by atoms with Crippen LogP contribution in [-0.4, -0.2) is 68.5 Å². The maximum atomic E-state index is 13.9. The van der Waals surface area contributed by atoms with Crippen LogP contribution >= 0.6 is 0 Å². The van der Waals surface area contributed by atoms with Gasteiger partial charge in [0.25, 0.3) is 5.91 Å². The Hall–Kier alpha value is -2.54. The van der Waals surface area contributed by atoms with Crippen molar-refractivity contribution in [3.05, 3.63) is 35.1 Å². The van der Waals surface area contributed by atoms with Crippen molar-refractivity contribution < 1.29 is 23.8 Å². The topological polar surface area (TPSA) is 68.3 Å². The normalized spacial score (nSPS) is 28.7. The summed E-state index contributed by atoms with van der Waals surface area (Å²) in [6.07, 6.45) is 2.21. The summed E-state index contributed by atoms with van der Waals surface area (Å²) >= 11 is 0. The number of nitrogens with zero attached hydrogens (tertiary/aromatic N) is 2. The highest BCUT2D eigenvalue weighted by molar-refractivity contribution is 6.11. The highest BCUT2D eigenvalue weighted by Crippen LogP contribution is 2.49. The lowest BCUT2D eigenvalue weighted by Crippen LogP contribution is -2.43. The van der Waals surface area contributed by atoms with Crippen LogP contribution in [0.25, 0.3) is 0 Å². The Morgan fingerprint density at radius 2 is 1.85 bits per heavy atom. The third-order valence-corrected chi connectivity index (χ3v) is 7.61. The zero-order chi connectivity index (χ0) is 24.6. The summed E-state index contributed by atoms with van der Waals surface area (Å²) < 4.78 is 17.6.